The second-order valence-electron chi connectivity index (χ2n) is 5.40. The fraction of sp³-hybridized carbons (Fsp3) is 0.643. The summed E-state index contributed by atoms with van der Waals surface area (Å²) in [6, 6.07) is 1.56. The van der Waals surface area contributed by atoms with Crippen molar-refractivity contribution in [3.05, 3.63) is 11.8 Å². The summed E-state index contributed by atoms with van der Waals surface area (Å²) in [6.45, 7) is 5.93. The highest BCUT2D eigenvalue weighted by atomic mass is 16.5. The van der Waals surface area contributed by atoms with Crippen LogP contribution in [0.4, 0.5) is 0 Å². The predicted octanol–water partition coefficient (Wildman–Crippen LogP) is -0.204. The highest BCUT2D eigenvalue weighted by Crippen LogP contribution is 2.12. The smallest absolute Gasteiger partial charge is 0.272 e. The van der Waals surface area contributed by atoms with Crippen LogP contribution in [0.15, 0.2) is 6.07 Å². The third-order valence-corrected chi connectivity index (χ3v) is 3.20. The lowest BCUT2D eigenvalue weighted by Gasteiger charge is -2.26. The van der Waals surface area contributed by atoms with Crippen molar-refractivity contribution in [3.8, 4) is 5.88 Å². The number of nitrogens with zero attached hydrogens (tertiary/aromatic N) is 3. The lowest BCUT2D eigenvalue weighted by Crippen LogP contribution is -2.43. The maximum Gasteiger partial charge on any atom is 0.272 e. The first-order valence-corrected chi connectivity index (χ1v) is 7.30. The minimum atomic E-state index is -0.264. The first-order chi connectivity index (χ1) is 10.5. The van der Waals surface area contributed by atoms with Crippen molar-refractivity contribution < 1.29 is 19.1 Å². The quantitative estimate of drug-likeness (QED) is 0.814. The summed E-state index contributed by atoms with van der Waals surface area (Å²) in [5.41, 5.74) is 0.269. The minimum Gasteiger partial charge on any atom is -0.468 e. The Labute approximate surface area is 129 Å². The highest BCUT2D eigenvalue weighted by Gasteiger charge is 2.19. The molecule has 1 aliphatic heterocycles. The Bertz CT molecular complexity index is 535. The number of amides is 2. The SMILES string of the molecule is CC(C)NC(=O)c1cc(OCC(=O)N2CCOCC2)n(C)n1. The zero-order valence-electron chi connectivity index (χ0n) is 13.2. The Morgan fingerprint density at radius 3 is 2.73 bits per heavy atom. The average Bonchev–Trinajstić information content (AvgIpc) is 2.86. The van der Waals surface area contributed by atoms with E-state index in [1.54, 1.807) is 11.9 Å². The molecule has 0 atom stereocenters. The number of hydrogen-bond donors (Lipinski definition) is 1. The van der Waals surface area contributed by atoms with Crippen LogP contribution in [0.5, 0.6) is 5.88 Å². The fourth-order valence-corrected chi connectivity index (χ4v) is 2.07. The van der Waals surface area contributed by atoms with E-state index in [4.69, 9.17) is 9.47 Å². The van der Waals surface area contributed by atoms with E-state index in [2.05, 4.69) is 10.4 Å². The molecule has 0 saturated carbocycles. The van der Waals surface area contributed by atoms with E-state index in [0.29, 0.717) is 32.2 Å². The number of ether oxygens (including phenoxy) is 2. The van der Waals surface area contributed by atoms with Crippen molar-refractivity contribution in [1.29, 1.82) is 0 Å². The molecule has 1 aromatic heterocycles. The lowest BCUT2D eigenvalue weighted by molar-refractivity contribution is -0.137. The number of carbonyl (C=O) groups excluding carboxylic acids is 2. The maximum absolute atomic E-state index is 12.0. The minimum absolute atomic E-state index is 0.0294. The van der Waals surface area contributed by atoms with Gasteiger partial charge in [-0.1, -0.05) is 0 Å². The van der Waals surface area contributed by atoms with Gasteiger partial charge in [-0.3, -0.25) is 9.59 Å². The van der Waals surface area contributed by atoms with Gasteiger partial charge < -0.3 is 19.7 Å². The van der Waals surface area contributed by atoms with Gasteiger partial charge in [-0.15, -0.1) is 0 Å². The molecule has 1 fully saturated rings. The molecule has 1 aromatic rings. The summed E-state index contributed by atoms with van der Waals surface area (Å²) >= 11 is 0. The molecule has 1 saturated heterocycles. The molecule has 2 amide bonds. The summed E-state index contributed by atoms with van der Waals surface area (Å²) in [5, 5.41) is 6.85. The van der Waals surface area contributed by atoms with Crippen LogP contribution < -0.4 is 10.1 Å². The average molecular weight is 310 g/mol. The van der Waals surface area contributed by atoms with Crippen LogP contribution in [0.1, 0.15) is 24.3 Å². The molecule has 0 spiro atoms. The van der Waals surface area contributed by atoms with E-state index in [-0.39, 0.29) is 30.2 Å². The highest BCUT2D eigenvalue weighted by molar-refractivity contribution is 5.92. The van der Waals surface area contributed by atoms with Crippen LogP contribution in [0.25, 0.3) is 0 Å². The molecule has 2 rings (SSSR count). The van der Waals surface area contributed by atoms with E-state index in [9.17, 15) is 9.59 Å². The van der Waals surface area contributed by atoms with E-state index < -0.39 is 0 Å². The normalized spacial score (nSPS) is 15.0. The molecule has 122 valence electrons. The van der Waals surface area contributed by atoms with Crippen LogP contribution in [0.3, 0.4) is 0 Å². The Kier molecular flexibility index (Phi) is 5.37. The first-order valence-electron chi connectivity index (χ1n) is 7.30. The molecule has 0 aliphatic carbocycles. The number of carbonyl (C=O) groups is 2. The van der Waals surface area contributed by atoms with Gasteiger partial charge in [0.05, 0.1) is 13.2 Å². The van der Waals surface area contributed by atoms with Crippen LogP contribution >= 0.6 is 0 Å². The van der Waals surface area contributed by atoms with Gasteiger partial charge in [0, 0.05) is 32.2 Å². The van der Waals surface area contributed by atoms with E-state index in [1.165, 1.54) is 10.7 Å². The Morgan fingerprint density at radius 1 is 1.41 bits per heavy atom. The second kappa shape index (κ2) is 7.26. The number of aryl methyl sites for hydroxylation is 1. The molecule has 1 aliphatic rings. The monoisotopic (exact) mass is 310 g/mol. The van der Waals surface area contributed by atoms with Crippen molar-refractivity contribution in [1.82, 2.24) is 20.0 Å². The Balaban J connectivity index is 1.91. The second-order valence-corrected chi connectivity index (χ2v) is 5.40. The van der Waals surface area contributed by atoms with Crippen LogP contribution in [-0.2, 0) is 16.6 Å². The van der Waals surface area contributed by atoms with E-state index in [1.807, 2.05) is 13.8 Å². The number of aromatic nitrogens is 2. The molecule has 0 bridgehead atoms. The Hall–Kier alpha value is -2.09. The first kappa shape index (κ1) is 16.3. The molecule has 1 N–H and O–H groups in total. The molecule has 2 heterocycles. The van der Waals surface area contributed by atoms with Gasteiger partial charge in [-0.05, 0) is 13.8 Å². The van der Waals surface area contributed by atoms with Crippen molar-refractivity contribution in [2.45, 2.75) is 19.9 Å². The number of nitrogens with one attached hydrogen (secondary N) is 1. The molecular weight excluding hydrogens is 288 g/mol. The summed E-state index contributed by atoms with van der Waals surface area (Å²) in [5.74, 6) is 0.0214. The standard InChI is InChI=1S/C14H22N4O4/c1-10(2)15-14(20)11-8-13(17(3)16-11)22-9-12(19)18-4-6-21-7-5-18/h8,10H,4-7,9H2,1-3H3,(H,15,20). The van der Waals surface area contributed by atoms with Crippen molar-refractivity contribution in [2.24, 2.45) is 7.05 Å². The van der Waals surface area contributed by atoms with Crippen molar-refractivity contribution in [3.63, 3.8) is 0 Å². The topological polar surface area (TPSA) is 85.7 Å². The Morgan fingerprint density at radius 2 is 2.09 bits per heavy atom. The lowest BCUT2D eigenvalue weighted by atomic mass is 10.3. The van der Waals surface area contributed by atoms with Gasteiger partial charge in [0.15, 0.2) is 12.3 Å². The molecule has 0 aromatic carbocycles. The number of hydrogen-bond acceptors (Lipinski definition) is 5. The van der Waals surface area contributed by atoms with Gasteiger partial charge >= 0.3 is 0 Å². The molecular formula is C14H22N4O4. The molecule has 8 heteroatoms. The summed E-state index contributed by atoms with van der Waals surface area (Å²) in [4.78, 5) is 25.6. The molecule has 8 nitrogen and oxygen atoms in total. The van der Waals surface area contributed by atoms with Gasteiger partial charge in [0.25, 0.3) is 11.8 Å². The van der Waals surface area contributed by atoms with Gasteiger partial charge in [-0.2, -0.15) is 5.10 Å². The summed E-state index contributed by atoms with van der Waals surface area (Å²) in [7, 11) is 1.67. The van der Waals surface area contributed by atoms with Crippen LogP contribution in [0.2, 0.25) is 0 Å². The van der Waals surface area contributed by atoms with E-state index >= 15 is 0 Å². The third kappa shape index (κ3) is 4.20. The predicted molar refractivity (Wildman–Crippen MR) is 78.7 cm³/mol. The number of morpholine rings is 1. The maximum atomic E-state index is 12.0. The van der Waals surface area contributed by atoms with Crippen LogP contribution in [0, 0.1) is 0 Å². The molecule has 22 heavy (non-hydrogen) atoms. The zero-order valence-corrected chi connectivity index (χ0v) is 13.2. The molecule has 0 radical (unpaired) electrons. The molecule has 0 unspecified atom stereocenters. The zero-order chi connectivity index (χ0) is 16.1. The summed E-state index contributed by atoms with van der Waals surface area (Å²) < 4.78 is 12.1. The summed E-state index contributed by atoms with van der Waals surface area (Å²) in [6.07, 6.45) is 0. The third-order valence-electron chi connectivity index (χ3n) is 3.20. The number of rotatable bonds is 5. The fourth-order valence-electron chi connectivity index (χ4n) is 2.07. The van der Waals surface area contributed by atoms with Gasteiger partial charge in [0.1, 0.15) is 0 Å². The van der Waals surface area contributed by atoms with E-state index in [0.717, 1.165) is 0 Å². The van der Waals surface area contributed by atoms with Crippen molar-refractivity contribution in [2.75, 3.05) is 32.9 Å². The largest absolute Gasteiger partial charge is 0.468 e. The van der Waals surface area contributed by atoms with Crippen LogP contribution in [-0.4, -0.2) is 65.4 Å². The van der Waals surface area contributed by atoms with Gasteiger partial charge in [0.2, 0.25) is 5.88 Å². The van der Waals surface area contributed by atoms with Gasteiger partial charge in [-0.25, -0.2) is 4.68 Å². The van der Waals surface area contributed by atoms with Crippen molar-refractivity contribution >= 4 is 11.8 Å².